The Hall–Kier alpha value is -2.67. The highest BCUT2D eigenvalue weighted by Gasteiger charge is 2.29. The van der Waals surface area contributed by atoms with E-state index in [-0.39, 0.29) is 18.9 Å². The Labute approximate surface area is 140 Å². The van der Waals surface area contributed by atoms with Gasteiger partial charge < -0.3 is 15.2 Å². The number of carbonyl (C=O) groups is 2. The molecule has 0 aliphatic rings. The van der Waals surface area contributed by atoms with E-state index < -0.39 is 11.5 Å². The van der Waals surface area contributed by atoms with E-state index in [4.69, 9.17) is 9.84 Å². The third-order valence-corrected chi connectivity index (χ3v) is 3.63. The molecule has 1 atom stereocenters. The van der Waals surface area contributed by atoms with Crippen molar-refractivity contribution in [3.05, 3.63) is 47.8 Å². The molecule has 7 heteroatoms. The van der Waals surface area contributed by atoms with Crippen LogP contribution in [0.15, 0.2) is 36.5 Å². The van der Waals surface area contributed by atoms with Gasteiger partial charge in [-0.1, -0.05) is 0 Å². The van der Waals surface area contributed by atoms with Crippen LogP contribution in [0.5, 0.6) is 0 Å². The lowest BCUT2D eigenvalue weighted by Gasteiger charge is -2.28. The maximum Gasteiger partial charge on any atom is 0.305 e. The quantitative estimate of drug-likeness (QED) is 0.807. The van der Waals surface area contributed by atoms with Crippen molar-refractivity contribution in [2.45, 2.75) is 25.8 Å². The average molecular weight is 331 g/mol. The number of carboxylic acid groups (broad SMARTS) is 1. The molecule has 24 heavy (non-hydrogen) atoms. The summed E-state index contributed by atoms with van der Waals surface area (Å²) in [7, 11) is 1.47. The molecule has 2 aromatic rings. The number of aliphatic carboxylic acids is 1. The van der Waals surface area contributed by atoms with E-state index in [2.05, 4.69) is 10.4 Å². The van der Waals surface area contributed by atoms with Gasteiger partial charge in [0.2, 0.25) is 0 Å². The van der Waals surface area contributed by atoms with Gasteiger partial charge in [0.15, 0.2) is 0 Å². The second-order valence-corrected chi connectivity index (χ2v) is 5.95. The molecule has 0 bridgehead atoms. The molecule has 0 radical (unpaired) electrons. The van der Waals surface area contributed by atoms with Crippen LogP contribution in [0.2, 0.25) is 0 Å². The molecule has 1 unspecified atom stereocenters. The summed E-state index contributed by atoms with van der Waals surface area (Å²) in [4.78, 5) is 23.4. The van der Waals surface area contributed by atoms with Crippen molar-refractivity contribution in [1.29, 1.82) is 0 Å². The summed E-state index contributed by atoms with van der Waals surface area (Å²) in [5, 5.41) is 16.0. The molecule has 2 rings (SSSR count). The van der Waals surface area contributed by atoms with Crippen LogP contribution in [-0.2, 0) is 9.53 Å². The van der Waals surface area contributed by atoms with Crippen molar-refractivity contribution in [2.24, 2.45) is 0 Å². The zero-order chi connectivity index (χ0) is 17.7. The van der Waals surface area contributed by atoms with Gasteiger partial charge in [-0.25, -0.2) is 4.68 Å². The number of hydrogen-bond donors (Lipinski definition) is 2. The maximum atomic E-state index is 12.4. The number of ether oxygens (including phenoxy) is 1. The van der Waals surface area contributed by atoms with Gasteiger partial charge in [0.05, 0.1) is 24.3 Å². The van der Waals surface area contributed by atoms with Crippen molar-refractivity contribution < 1.29 is 19.4 Å². The van der Waals surface area contributed by atoms with Crippen molar-refractivity contribution >= 4 is 11.9 Å². The van der Waals surface area contributed by atoms with Gasteiger partial charge in [-0.15, -0.1) is 0 Å². The normalized spacial score (nSPS) is 13.3. The number of hydrogen-bond acceptors (Lipinski definition) is 4. The van der Waals surface area contributed by atoms with Gasteiger partial charge in [0.25, 0.3) is 5.91 Å². The molecule has 0 fully saturated rings. The van der Waals surface area contributed by atoms with Crippen molar-refractivity contribution in [3.8, 4) is 5.69 Å². The summed E-state index contributed by atoms with van der Waals surface area (Å²) >= 11 is 0. The Morgan fingerprint density at radius 2 is 1.96 bits per heavy atom. The van der Waals surface area contributed by atoms with Crippen LogP contribution in [0.3, 0.4) is 0 Å². The van der Waals surface area contributed by atoms with E-state index in [1.165, 1.54) is 7.11 Å². The maximum absolute atomic E-state index is 12.4. The fraction of sp³-hybridized carbons (Fsp3) is 0.353. The summed E-state index contributed by atoms with van der Waals surface area (Å²) in [5.74, 6) is -1.35. The SMILES string of the molecule is COCC(C)(CC(=O)O)NC(=O)c1ccc(-n2nccc2C)cc1. The Morgan fingerprint density at radius 3 is 2.46 bits per heavy atom. The van der Waals surface area contributed by atoms with Crippen molar-refractivity contribution in [3.63, 3.8) is 0 Å². The third kappa shape index (κ3) is 4.20. The number of benzene rings is 1. The minimum atomic E-state index is -1.00. The Bertz CT molecular complexity index is 724. The summed E-state index contributed by atoms with van der Waals surface area (Å²) in [5.41, 5.74) is 1.30. The topological polar surface area (TPSA) is 93.5 Å². The van der Waals surface area contributed by atoms with E-state index >= 15 is 0 Å². The van der Waals surface area contributed by atoms with E-state index in [0.717, 1.165) is 11.4 Å². The molecule has 0 aliphatic heterocycles. The van der Waals surface area contributed by atoms with Crippen LogP contribution in [0, 0.1) is 6.92 Å². The van der Waals surface area contributed by atoms with Gasteiger partial charge in [0, 0.05) is 24.6 Å². The highest BCUT2D eigenvalue weighted by molar-refractivity contribution is 5.95. The van der Waals surface area contributed by atoms with Crippen LogP contribution in [0.4, 0.5) is 0 Å². The zero-order valence-corrected chi connectivity index (χ0v) is 13.9. The molecule has 2 N–H and O–H groups in total. The van der Waals surface area contributed by atoms with Crippen LogP contribution in [-0.4, -0.2) is 46.0 Å². The van der Waals surface area contributed by atoms with Gasteiger partial charge >= 0.3 is 5.97 Å². The second kappa shape index (κ2) is 7.27. The zero-order valence-electron chi connectivity index (χ0n) is 13.9. The Kier molecular flexibility index (Phi) is 5.35. The highest BCUT2D eigenvalue weighted by atomic mass is 16.5. The molecule has 0 spiro atoms. The molecule has 1 heterocycles. The minimum absolute atomic E-state index is 0.107. The number of aryl methyl sites for hydroxylation is 1. The first-order valence-electron chi connectivity index (χ1n) is 7.49. The molecular weight excluding hydrogens is 310 g/mol. The molecule has 1 amide bonds. The minimum Gasteiger partial charge on any atom is -0.481 e. The van der Waals surface area contributed by atoms with Gasteiger partial charge in [-0.3, -0.25) is 9.59 Å². The number of amides is 1. The van der Waals surface area contributed by atoms with Crippen LogP contribution >= 0.6 is 0 Å². The summed E-state index contributed by atoms with van der Waals surface area (Å²) in [6.07, 6.45) is 1.48. The van der Waals surface area contributed by atoms with E-state index in [1.54, 1.807) is 42.1 Å². The van der Waals surface area contributed by atoms with Crippen molar-refractivity contribution in [2.75, 3.05) is 13.7 Å². The average Bonchev–Trinajstić information content (AvgIpc) is 2.92. The lowest BCUT2D eigenvalue weighted by atomic mass is 9.98. The molecule has 0 saturated heterocycles. The van der Waals surface area contributed by atoms with E-state index in [0.29, 0.717) is 5.56 Å². The second-order valence-electron chi connectivity index (χ2n) is 5.95. The van der Waals surface area contributed by atoms with Crippen molar-refractivity contribution in [1.82, 2.24) is 15.1 Å². The molecule has 0 saturated carbocycles. The van der Waals surface area contributed by atoms with Crippen LogP contribution < -0.4 is 5.32 Å². The number of nitrogens with one attached hydrogen (secondary N) is 1. The summed E-state index contributed by atoms with van der Waals surface area (Å²) in [6, 6.07) is 8.84. The fourth-order valence-corrected chi connectivity index (χ4v) is 2.52. The lowest BCUT2D eigenvalue weighted by molar-refractivity contribution is -0.139. The number of rotatable bonds is 7. The number of aromatic nitrogens is 2. The largest absolute Gasteiger partial charge is 0.481 e. The van der Waals surface area contributed by atoms with Gasteiger partial charge in [-0.2, -0.15) is 5.10 Å². The third-order valence-electron chi connectivity index (χ3n) is 3.63. The Morgan fingerprint density at radius 1 is 1.29 bits per heavy atom. The first-order chi connectivity index (χ1) is 11.3. The predicted molar refractivity (Wildman–Crippen MR) is 88.3 cm³/mol. The van der Waals surface area contributed by atoms with E-state index in [9.17, 15) is 9.59 Å². The predicted octanol–water partition coefficient (Wildman–Crippen LogP) is 1.79. The molecular formula is C17H21N3O4. The van der Waals surface area contributed by atoms with Crippen LogP contribution in [0.1, 0.15) is 29.4 Å². The number of carbonyl (C=O) groups excluding carboxylic acids is 1. The summed E-state index contributed by atoms with van der Waals surface area (Å²) in [6.45, 7) is 3.69. The molecule has 128 valence electrons. The first kappa shape index (κ1) is 17.7. The van der Waals surface area contributed by atoms with Gasteiger partial charge in [0.1, 0.15) is 0 Å². The van der Waals surface area contributed by atoms with E-state index in [1.807, 2.05) is 13.0 Å². The molecule has 1 aromatic carbocycles. The molecule has 7 nitrogen and oxygen atoms in total. The van der Waals surface area contributed by atoms with Gasteiger partial charge in [-0.05, 0) is 44.2 Å². The summed E-state index contributed by atoms with van der Waals surface area (Å²) < 4.78 is 6.80. The highest BCUT2D eigenvalue weighted by Crippen LogP contribution is 2.14. The molecule has 0 aliphatic carbocycles. The smallest absolute Gasteiger partial charge is 0.305 e. The van der Waals surface area contributed by atoms with Crippen LogP contribution in [0.25, 0.3) is 5.69 Å². The monoisotopic (exact) mass is 331 g/mol. The Balaban J connectivity index is 2.14. The number of carboxylic acids is 1. The fourth-order valence-electron chi connectivity index (χ4n) is 2.52. The number of nitrogens with zero attached hydrogens (tertiary/aromatic N) is 2. The molecule has 1 aromatic heterocycles. The standard InChI is InChI=1S/C17H21N3O4/c1-12-8-9-18-20(12)14-6-4-13(5-7-14)16(23)19-17(2,11-24-3)10-15(21)22/h4-9H,10-11H2,1-3H3,(H,19,23)(H,21,22). The number of methoxy groups -OCH3 is 1. The first-order valence-corrected chi connectivity index (χ1v) is 7.49. The lowest BCUT2D eigenvalue weighted by Crippen LogP contribution is -2.50.